The average Bonchev–Trinajstić information content (AvgIpc) is 3.36. The summed E-state index contributed by atoms with van der Waals surface area (Å²) in [4.78, 5) is 36.9. The Kier molecular flexibility index (Phi) is 6.48. The first-order chi connectivity index (χ1) is 16.4. The maximum atomic E-state index is 12.6. The molecule has 0 saturated carbocycles. The highest BCUT2D eigenvalue weighted by molar-refractivity contribution is 5.89. The quantitative estimate of drug-likeness (QED) is 0.294. The first-order valence-electron chi connectivity index (χ1n) is 10.4. The van der Waals surface area contributed by atoms with Crippen molar-refractivity contribution in [3.63, 3.8) is 0 Å². The molecule has 1 aromatic heterocycles. The fraction of sp³-hybridized carbons (Fsp3) is 0.250. The number of benzene rings is 2. The van der Waals surface area contributed by atoms with Crippen LogP contribution in [0.15, 0.2) is 52.9 Å². The Morgan fingerprint density at radius 2 is 1.71 bits per heavy atom. The number of amides is 1. The molecule has 0 N–H and O–H groups in total. The van der Waals surface area contributed by atoms with Gasteiger partial charge in [-0.25, -0.2) is 4.79 Å². The Morgan fingerprint density at radius 1 is 1.03 bits per heavy atom. The first-order valence-corrected chi connectivity index (χ1v) is 10.4. The van der Waals surface area contributed by atoms with Gasteiger partial charge in [-0.3, -0.25) is 14.9 Å². The minimum absolute atomic E-state index is 0.0497. The van der Waals surface area contributed by atoms with Crippen LogP contribution in [0.5, 0.6) is 11.5 Å². The number of hydrogen-bond acceptors (Lipinski definition) is 8. The van der Waals surface area contributed by atoms with E-state index >= 15 is 0 Å². The van der Waals surface area contributed by atoms with Crippen LogP contribution in [-0.4, -0.2) is 49.1 Å². The van der Waals surface area contributed by atoms with E-state index in [1.165, 1.54) is 30.3 Å². The van der Waals surface area contributed by atoms with Crippen molar-refractivity contribution in [2.75, 3.05) is 27.4 Å². The van der Waals surface area contributed by atoms with Crippen LogP contribution in [0.4, 0.5) is 5.69 Å². The number of ether oxygens (including phenoxy) is 3. The topological polar surface area (TPSA) is 121 Å². The third-order valence-electron chi connectivity index (χ3n) is 5.57. The van der Waals surface area contributed by atoms with Crippen LogP contribution in [-0.2, 0) is 22.5 Å². The number of methoxy groups -OCH3 is 2. The van der Waals surface area contributed by atoms with Crippen molar-refractivity contribution in [1.29, 1.82) is 0 Å². The summed E-state index contributed by atoms with van der Waals surface area (Å²) in [6.45, 7) is 0.441. The number of nitro benzene ring substituents is 1. The van der Waals surface area contributed by atoms with E-state index in [1.54, 1.807) is 25.2 Å². The van der Waals surface area contributed by atoms with E-state index in [1.807, 2.05) is 12.1 Å². The van der Waals surface area contributed by atoms with E-state index in [0.717, 1.165) is 11.1 Å². The first kappa shape index (κ1) is 22.8. The van der Waals surface area contributed by atoms with Crippen LogP contribution >= 0.6 is 0 Å². The van der Waals surface area contributed by atoms with Crippen LogP contribution < -0.4 is 9.47 Å². The summed E-state index contributed by atoms with van der Waals surface area (Å²) in [5, 5.41) is 10.8. The van der Waals surface area contributed by atoms with Gasteiger partial charge >= 0.3 is 5.97 Å². The van der Waals surface area contributed by atoms with Gasteiger partial charge in [0.25, 0.3) is 11.6 Å². The third kappa shape index (κ3) is 4.70. The lowest BCUT2D eigenvalue weighted by Gasteiger charge is -2.29. The summed E-state index contributed by atoms with van der Waals surface area (Å²) in [6.07, 6.45) is 0.645. The molecule has 0 spiro atoms. The molecule has 1 aliphatic rings. The second kappa shape index (κ2) is 9.65. The van der Waals surface area contributed by atoms with Crippen molar-refractivity contribution in [3.05, 3.63) is 75.5 Å². The summed E-state index contributed by atoms with van der Waals surface area (Å²) in [6, 6.07) is 12.5. The lowest BCUT2D eigenvalue weighted by atomic mass is 9.99. The number of fused-ring (bicyclic) bond motifs is 1. The molecule has 0 aliphatic carbocycles. The number of rotatable bonds is 7. The van der Waals surface area contributed by atoms with Gasteiger partial charge in [-0.2, -0.15) is 0 Å². The molecule has 0 bridgehead atoms. The second-order valence-electron chi connectivity index (χ2n) is 7.59. The Bertz CT molecular complexity index is 1230. The Hall–Kier alpha value is -4.34. The summed E-state index contributed by atoms with van der Waals surface area (Å²) in [5.41, 5.74) is 2.54. The predicted octanol–water partition coefficient (Wildman–Crippen LogP) is 3.61. The number of carbonyl (C=O) groups excluding carboxylic acids is 2. The SMILES string of the molecule is COc1cc2c(cc1OC)CN(C(=O)COC(=O)c1ccc(-c3ccc([N+](=O)[O-])cc3)o1)CC2. The highest BCUT2D eigenvalue weighted by Gasteiger charge is 2.24. The van der Waals surface area contributed by atoms with Gasteiger partial charge in [0.1, 0.15) is 5.76 Å². The standard InChI is InChI=1S/C24H22N2O8/c1-31-21-11-16-9-10-25(13-17(16)12-22(21)32-2)23(27)14-33-24(28)20-8-7-19(34-20)15-3-5-18(6-4-15)26(29)30/h3-8,11-12H,9-10,13-14H2,1-2H3. The van der Waals surface area contributed by atoms with Crippen molar-refractivity contribution in [2.45, 2.75) is 13.0 Å². The smallest absolute Gasteiger partial charge is 0.374 e. The van der Waals surface area contributed by atoms with E-state index < -0.39 is 17.5 Å². The molecule has 1 amide bonds. The third-order valence-corrected chi connectivity index (χ3v) is 5.57. The molecule has 4 rings (SSSR count). The van der Waals surface area contributed by atoms with E-state index in [9.17, 15) is 19.7 Å². The largest absolute Gasteiger partial charge is 0.493 e. The van der Waals surface area contributed by atoms with Gasteiger partial charge in [0, 0.05) is 30.8 Å². The predicted molar refractivity (Wildman–Crippen MR) is 120 cm³/mol. The van der Waals surface area contributed by atoms with Crippen molar-refractivity contribution >= 4 is 17.6 Å². The zero-order chi connectivity index (χ0) is 24.2. The van der Waals surface area contributed by atoms with Crippen LogP contribution in [0.3, 0.4) is 0 Å². The number of nitro groups is 1. The Balaban J connectivity index is 1.36. The van der Waals surface area contributed by atoms with E-state index in [2.05, 4.69) is 0 Å². The van der Waals surface area contributed by atoms with Gasteiger partial charge in [-0.05, 0) is 53.9 Å². The number of nitrogens with zero attached hydrogens (tertiary/aromatic N) is 2. The maximum Gasteiger partial charge on any atom is 0.374 e. The molecule has 0 unspecified atom stereocenters. The number of furan rings is 1. The molecular weight excluding hydrogens is 444 g/mol. The summed E-state index contributed by atoms with van der Waals surface area (Å²) >= 11 is 0. The molecule has 10 nitrogen and oxygen atoms in total. The number of esters is 1. The molecule has 0 saturated heterocycles. The zero-order valence-electron chi connectivity index (χ0n) is 18.6. The highest BCUT2D eigenvalue weighted by Crippen LogP contribution is 2.33. The molecule has 34 heavy (non-hydrogen) atoms. The van der Waals surface area contributed by atoms with Crippen LogP contribution in [0.2, 0.25) is 0 Å². The number of carbonyl (C=O) groups is 2. The molecule has 3 aromatic rings. The van der Waals surface area contributed by atoms with Gasteiger partial charge in [0.05, 0.1) is 19.1 Å². The lowest BCUT2D eigenvalue weighted by Crippen LogP contribution is -2.38. The molecule has 2 heterocycles. The molecule has 10 heteroatoms. The maximum absolute atomic E-state index is 12.6. The van der Waals surface area contributed by atoms with E-state index in [4.69, 9.17) is 18.6 Å². The molecule has 0 fully saturated rings. The van der Waals surface area contributed by atoms with Gasteiger partial charge in [-0.1, -0.05) is 0 Å². The van der Waals surface area contributed by atoms with Crippen LogP contribution in [0.1, 0.15) is 21.7 Å². The highest BCUT2D eigenvalue weighted by atomic mass is 16.6. The fourth-order valence-electron chi connectivity index (χ4n) is 3.74. The molecule has 0 radical (unpaired) electrons. The summed E-state index contributed by atoms with van der Waals surface area (Å²) in [5.74, 6) is 0.415. The Morgan fingerprint density at radius 3 is 2.35 bits per heavy atom. The fourth-order valence-corrected chi connectivity index (χ4v) is 3.74. The van der Waals surface area contributed by atoms with E-state index in [-0.39, 0.29) is 17.4 Å². The molecule has 0 atom stereocenters. The van der Waals surface area contributed by atoms with Crippen molar-refractivity contribution in [2.24, 2.45) is 0 Å². The molecular formula is C24H22N2O8. The molecule has 2 aromatic carbocycles. The lowest BCUT2D eigenvalue weighted by molar-refractivity contribution is -0.384. The van der Waals surface area contributed by atoms with Gasteiger partial charge < -0.3 is 23.5 Å². The van der Waals surface area contributed by atoms with Gasteiger partial charge in [-0.15, -0.1) is 0 Å². The summed E-state index contributed by atoms with van der Waals surface area (Å²) in [7, 11) is 3.13. The molecule has 1 aliphatic heterocycles. The van der Waals surface area contributed by atoms with Crippen LogP contribution in [0.25, 0.3) is 11.3 Å². The summed E-state index contributed by atoms with van der Waals surface area (Å²) < 4.78 is 21.3. The van der Waals surface area contributed by atoms with Crippen LogP contribution in [0, 0.1) is 10.1 Å². The zero-order valence-corrected chi connectivity index (χ0v) is 18.6. The normalized spacial score (nSPS) is 12.6. The van der Waals surface area contributed by atoms with Gasteiger partial charge in [0.15, 0.2) is 18.1 Å². The number of non-ortho nitro benzene ring substituents is 1. The Labute approximate surface area is 194 Å². The number of hydrogen-bond donors (Lipinski definition) is 0. The monoisotopic (exact) mass is 466 g/mol. The van der Waals surface area contributed by atoms with E-state index in [0.29, 0.717) is 42.3 Å². The average molecular weight is 466 g/mol. The minimum atomic E-state index is -0.773. The van der Waals surface area contributed by atoms with Crippen molar-refractivity contribution < 1.29 is 33.1 Å². The second-order valence-corrected chi connectivity index (χ2v) is 7.59. The molecule has 176 valence electrons. The van der Waals surface area contributed by atoms with Crippen molar-refractivity contribution in [1.82, 2.24) is 4.90 Å². The van der Waals surface area contributed by atoms with Crippen molar-refractivity contribution in [3.8, 4) is 22.8 Å². The van der Waals surface area contributed by atoms with Gasteiger partial charge in [0.2, 0.25) is 5.76 Å². The minimum Gasteiger partial charge on any atom is -0.493 e.